The number of unbranched alkanes of at least 4 members (excludes halogenated alkanes) is 1. The van der Waals surface area contributed by atoms with E-state index in [1.54, 1.807) is 16.8 Å². The zero-order valence-corrected chi connectivity index (χ0v) is 20.1. The van der Waals surface area contributed by atoms with Crippen molar-refractivity contribution in [3.63, 3.8) is 0 Å². The maximum Gasteiger partial charge on any atom is 0.322 e. The molecular weight excluding hydrogens is 433 g/mol. The first-order valence-electron chi connectivity index (χ1n) is 11.5. The van der Waals surface area contributed by atoms with Crippen molar-refractivity contribution in [3.05, 3.63) is 72.2 Å². The van der Waals surface area contributed by atoms with Crippen LogP contribution < -0.4 is 10.6 Å². The summed E-state index contributed by atoms with van der Waals surface area (Å²) in [6.45, 7) is 8.35. The van der Waals surface area contributed by atoms with E-state index in [1.165, 1.54) is 17.0 Å². The quantitative estimate of drug-likeness (QED) is 0.456. The molecule has 0 aliphatic heterocycles. The number of carbonyl (C=O) groups is 2. The molecule has 0 saturated heterocycles. The van der Waals surface area contributed by atoms with Crippen molar-refractivity contribution in [1.29, 1.82) is 0 Å². The fourth-order valence-corrected chi connectivity index (χ4v) is 3.32. The summed E-state index contributed by atoms with van der Waals surface area (Å²) in [4.78, 5) is 27.2. The molecule has 3 amide bonds. The van der Waals surface area contributed by atoms with Crippen molar-refractivity contribution in [1.82, 2.24) is 14.7 Å². The van der Waals surface area contributed by atoms with Crippen LogP contribution in [0, 0.1) is 5.82 Å². The van der Waals surface area contributed by atoms with Gasteiger partial charge in [-0.15, -0.1) is 0 Å². The third kappa shape index (κ3) is 6.43. The van der Waals surface area contributed by atoms with Crippen LogP contribution in [0.25, 0.3) is 5.69 Å². The number of para-hydroxylation sites is 2. The standard InChI is InChI=1S/C26H32FN5O2/c1-5-6-16-31(25(34)28-21-15-11-10-14-20(21)27)18-24(33)29-23-17-22(26(2,3)4)30-32(23)19-12-8-7-9-13-19/h7-15,17H,5-6,16,18H2,1-4H3,(H,28,34)(H,29,33). The van der Waals surface area contributed by atoms with Gasteiger partial charge < -0.3 is 15.5 Å². The van der Waals surface area contributed by atoms with Gasteiger partial charge in [-0.2, -0.15) is 5.10 Å². The van der Waals surface area contributed by atoms with E-state index in [2.05, 4.69) is 31.4 Å². The predicted molar refractivity (Wildman–Crippen MR) is 133 cm³/mol. The van der Waals surface area contributed by atoms with Crippen molar-refractivity contribution >= 4 is 23.4 Å². The molecule has 0 fully saturated rings. The average molecular weight is 466 g/mol. The number of rotatable bonds is 8. The van der Waals surface area contributed by atoms with Crippen molar-refractivity contribution in [2.75, 3.05) is 23.7 Å². The molecule has 1 heterocycles. The van der Waals surface area contributed by atoms with Crippen LogP contribution >= 0.6 is 0 Å². The van der Waals surface area contributed by atoms with Crippen LogP contribution in [0.1, 0.15) is 46.2 Å². The van der Waals surface area contributed by atoms with Gasteiger partial charge in [0.15, 0.2) is 0 Å². The van der Waals surface area contributed by atoms with Gasteiger partial charge in [0, 0.05) is 18.0 Å². The van der Waals surface area contributed by atoms with Gasteiger partial charge in [0.05, 0.1) is 17.1 Å². The van der Waals surface area contributed by atoms with E-state index in [4.69, 9.17) is 5.10 Å². The molecule has 8 heteroatoms. The van der Waals surface area contributed by atoms with E-state index in [9.17, 15) is 14.0 Å². The molecule has 7 nitrogen and oxygen atoms in total. The molecule has 0 spiro atoms. The zero-order chi connectivity index (χ0) is 24.7. The van der Waals surface area contributed by atoms with Gasteiger partial charge in [-0.3, -0.25) is 4.79 Å². The number of benzene rings is 2. The lowest BCUT2D eigenvalue weighted by atomic mass is 9.92. The fourth-order valence-electron chi connectivity index (χ4n) is 3.32. The number of aromatic nitrogens is 2. The van der Waals surface area contributed by atoms with Crippen molar-refractivity contribution in [2.24, 2.45) is 0 Å². The maximum atomic E-state index is 14.0. The molecular formula is C26H32FN5O2. The van der Waals surface area contributed by atoms with Crippen molar-refractivity contribution in [3.8, 4) is 5.69 Å². The highest BCUT2D eigenvalue weighted by Crippen LogP contribution is 2.26. The molecule has 0 aliphatic carbocycles. The molecule has 34 heavy (non-hydrogen) atoms. The highest BCUT2D eigenvalue weighted by molar-refractivity contribution is 5.96. The highest BCUT2D eigenvalue weighted by atomic mass is 19.1. The largest absolute Gasteiger partial charge is 0.322 e. The minimum Gasteiger partial charge on any atom is -0.315 e. The number of nitrogens with one attached hydrogen (secondary N) is 2. The second-order valence-electron chi connectivity index (χ2n) is 9.15. The van der Waals surface area contributed by atoms with Gasteiger partial charge >= 0.3 is 6.03 Å². The first-order valence-corrected chi connectivity index (χ1v) is 11.5. The van der Waals surface area contributed by atoms with Crippen molar-refractivity contribution < 1.29 is 14.0 Å². The number of urea groups is 1. The third-order valence-corrected chi connectivity index (χ3v) is 5.26. The molecule has 0 aliphatic rings. The first-order chi connectivity index (χ1) is 16.2. The number of hydrogen-bond donors (Lipinski definition) is 2. The molecule has 180 valence electrons. The molecule has 0 atom stereocenters. The van der Waals surface area contributed by atoms with Crippen LogP contribution in [0.3, 0.4) is 0 Å². The summed E-state index contributed by atoms with van der Waals surface area (Å²) in [6, 6.07) is 16.8. The normalized spacial score (nSPS) is 11.2. The van der Waals surface area contributed by atoms with Gasteiger partial charge in [0.25, 0.3) is 0 Å². The summed E-state index contributed by atoms with van der Waals surface area (Å²) in [5, 5.41) is 10.2. The minimum atomic E-state index is -0.530. The minimum absolute atomic E-state index is 0.0754. The second-order valence-corrected chi connectivity index (χ2v) is 9.15. The van der Waals surface area contributed by atoms with Crippen LogP contribution in [0.5, 0.6) is 0 Å². The number of anilines is 2. The maximum absolute atomic E-state index is 14.0. The molecule has 2 aromatic carbocycles. The van der Waals surface area contributed by atoms with E-state index in [0.29, 0.717) is 18.8 Å². The number of amides is 3. The van der Waals surface area contributed by atoms with Crippen LogP contribution in [-0.2, 0) is 10.2 Å². The number of carbonyl (C=O) groups excluding carboxylic acids is 2. The average Bonchev–Trinajstić information content (AvgIpc) is 3.23. The Balaban J connectivity index is 1.79. The van der Waals surface area contributed by atoms with Crippen LogP contribution in [-0.4, -0.2) is 39.7 Å². The lowest BCUT2D eigenvalue weighted by molar-refractivity contribution is -0.116. The molecule has 3 aromatic rings. The van der Waals surface area contributed by atoms with Crippen LogP contribution in [0.15, 0.2) is 60.7 Å². The monoisotopic (exact) mass is 465 g/mol. The Kier molecular flexibility index (Phi) is 8.04. The number of nitrogens with zero attached hydrogens (tertiary/aromatic N) is 3. The van der Waals surface area contributed by atoms with Gasteiger partial charge in [0.2, 0.25) is 5.91 Å². The zero-order valence-electron chi connectivity index (χ0n) is 20.1. The molecule has 0 unspecified atom stereocenters. The number of halogens is 1. The van der Waals surface area contributed by atoms with Gasteiger partial charge in [0.1, 0.15) is 18.2 Å². The van der Waals surface area contributed by atoms with Crippen LogP contribution in [0.2, 0.25) is 0 Å². The van der Waals surface area contributed by atoms with Crippen LogP contribution in [0.4, 0.5) is 20.7 Å². The van der Waals surface area contributed by atoms with E-state index < -0.39 is 11.8 Å². The van der Waals surface area contributed by atoms with Gasteiger partial charge in [-0.1, -0.05) is 64.4 Å². The Morgan fingerprint density at radius 2 is 1.71 bits per heavy atom. The Morgan fingerprint density at radius 1 is 1.03 bits per heavy atom. The predicted octanol–water partition coefficient (Wildman–Crippen LogP) is 5.58. The Hall–Kier alpha value is -3.68. The highest BCUT2D eigenvalue weighted by Gasteiger charge is 2.23. The fraction of sp³-hybridized carbons (Fsp3) is 0.346. The number of hydrogen-bond acceptors (Lipinski definition) is 3. The molecule has 3 rings (SSSR count). The third-order valence-electron chi connectivity index (χ3n) is 5.26. The van der Waals surface area contributed by atoms with Crippen molar-refractivity contribution in [2.45, 2.75) is 46.0 Å². The molecule has 0 saturated carbocycles. The second kappa shape index (κ2) is 11.0. The topological polar surface area (TPSA) is 79.3 Å². The summed E-state index contributed by atoms with van der Waals surface area (Å²) < 4.78 is 15.7. The molecule has 1 aromatic heterocycles. The summed E-state index contributed by atoms with van der Waals surface area (Å²) in [5.41, 5.74) is 1.50. The summed E-state index contributed by atoms with van der Waals surface area (Å²) in [7, 11) is 0. The van der Waals surface area contributed by atoms with E-state index in [-0.39, 0.29) is 23.6 Å². The molecule has 0 radical (unpaired) electrons. The van der Waals surface area contributed by atoms with E-state index in [0.717, 1.165) is 17.8 Å². The Labute approximate surface area is 200 Å². The van der Waals surface area contributed by atoms with Gasteiger partial charge in [-0.05, 0) is 30.7 Å². The summed E-state index contributed by atoms with van der Waals surface area (Å²) in [6.07, 6.45) is 1.56. The van der Waals surface area contributed by atoms with E-state index in [1.807, 2.05) is 43.3 Å². The summed E-state index contributed by atoms with van der Waals surface area (Å²) >= 11 is 0. The molecule has 2 N–H and O–H groups in total. The first kappa shape index (κ1) is 25.0. The SMILES string of the molecule is CCCCN(CC(=O)Nc1cc(C(C)(C)C)nn1-c1ccccc1)C(=O)Nc1ccccc1F. The van der Waals surface area contributed by atoms with E-state index >= 15 is 0 Å². The lowest BCUT2D eigenvalue weighted by Gasteiger charge is -2.22. The smallest absolute Gasteiger partial charge is 0.315 e. The van der Waals surface area contributed by atoms with Gasteiger partial charge in [-0.25, -0.2) is 13.9 Å². The molecule has 0 bridgehead atoms. The summed E-state index contributed by atoms with van der Waals surface area (Å²) in [5.74, 6) is -0.374. The Bertz CT molecular complexity index is 1120. The Morgan fingerprint density at radius 3 is 2.35 bits per heavy atom. The lowest BCUT2D eigenvalue weighted by Crippen LogP contribution is -2.41.